The van der Waals surface area contributed by atoms with E-state index in [2.05, 4.69) is 34.3 Å². The Morgan fingerprint density at radius 1 is 1.26 bits per heavy atom. The van der Waals surface area contributed by atoms with Crippen LogP contribution in [0, 0.1) is 10.8 Å². The molecule has 27 heavy (non-hydrogen) atoms. The second-order valence-corrected chi connectivity index (χ2v) is 9.67. The van der Waals surface area contributed by atoms with Gasteiger partial charge in [0.2, 0.25) is 5.27 Å². The molecule has 0 radical (unpaired) electrons. The number of nitrogens with one attached hydrogen (secondary N) is 1. The molecule has 2 heterocycles. The Labute approximate surface area is 168 Å². The lowest BCUT2D eigenvalue weighted by Crippen LogP contribution is -2.65. The smallest absolute Gasteiger partial charge is 0.304 e. The first-order chi connectivity index (χ1) is 12.4. The number of nitrogens with zero attached hydrogens (tertiary/aromatic N) is 4. The van der Waals surface area contributed by atoms with E-state index in [1.165, 1.54) is 0 Å². The van der Waals surface area contributed by atoms with Gasteiger partial charge < -0.3 is 5.32 Å². The second kappa shape index (κ2) is 8.22. The van der Waals surface area contributed by atoms with Crippen LogP contribution in [0.3, 0.4) is 0 Å². The van der Waals surface area contributed by atoms with Crippen LogP contribution in [-0.2, 0) is 4.79 Å². The maximum atomic E-state index is 12.4. The number of hydrogen-bond acceptors (Lipinski definition) is 6. The summed E-state index contributed by atoms with van der Waals surface area (Å²) >= 11 is 5.54. The zero-order valence-electron chi connectivity index (χ0n) is 17.7. The molecule has 1 N–H and O–H groups in total. The van der Waals surface area contributed by atoms with Crippen molar-refractivity contribution in [2.45, 2.75) is 60.9 Å². The third kappa shape index (κ3) is 5.72. The van der Waals surface area contributed by atoms with Gasteiger partial charge in [-0.25, -0.2) is 0 Å². The number of ketones is 1. The molecule has 0 unspecified atom stereocenters. The second-order valence-electron chi connectivity index (χ2n) is 9.26. The van der Waals surface area contributed by atoms with Crippen LogP contribution in [0.2, 0.25) is 0 Å². The molecule has 0 amide bonds. The molecule has 1 aliphatic rings. The lowest BCUT2D eigenvalue weighted by Gasteiger charge is -2.32. The van der Waals surface area contributed by atoms with Gasteiger partial charge >= 0.3 is 5.88 Å². The molecule has 0 spiro atoms. The first kappa shape index (κ1) is 21.8. The van der Waals surface area contributed by atoms with E-state index >= 15 is 0 Å². The van der Waals surface area contributed by atoms with Gasteiger partial charge in [0, 0.05) is 36.4 Å². The van der Waals surface area contributed by atoms with Crippen LogP contribution in [0.5, 0.6) is 0 Å². The van der Waals surface area contributed by atoms with Crippen molar-refractivity contribution in [3.63, 3.8) is 0 Å². The minimum Gasteiger partial charge on any atom is -0.312 e. The Bertz CT molecular complexity index is 670. The van der Waals surface area contributed by atoms with E-state index in [4.69, 9.17) is 16.7 Å². The highest BCUT2D eigenvalue weighted by Gasteiger charge is 2.33. The SMILES string of the molecule is CC(C)N1CCN([n+]2cc(NC(=S)C(C)(C)CC(=O)C(C)(C)C)on2)CC1. The van der Waals surface area contributed by atoms with Gasteiger partial charge in [0.15, 0.2) is 0 Å². The van der Waals surface area contributed by atoms with Crippen LogP contribution in [0.25, 0.3) is 0 Å². The number of carbonyl (C=O) groups excluding carboxylic acids is 1. The van der Waals surface area contributed by atoms with Gasteiger partial charge in [-0.1, -0.05) is 46.8 Å². The summed E-state index contributed by atoms with van der Waals surface area (Å²) in [7, 11) is 0. The lowest BCUT2D eigenvalue weighted by atomic mass is 9.79. The number of hydrogen-bond donors (Lipinski definition) is 1. The fraction of sp³-hybridized carbons (Fsp3) is 0.789. The molecule has 0 aliphatic carbocycles. The molecule has 0 atom stereocenters. The van der Waals surface area contributed by atoms with Gasteiger partial charge in [-0.3, -0.25) is 14.2 Å². The first-order valence-corrected chi connectivity index (χ1v) is 10.0. The van der Waals surface area contributed by atoms with Crippen molar-refractivity contribution in [2.75, 3.05) is 36.5 Å². The molecule has 1 aromatic rings. The molecule has 152 valence electrons. The van der Waals surface area contributed by atoms with Crippen molar-refractivity contribution in [1.82, 2.24) is 10.2 Å². The molecule has 8 heteroatoms. The molecular weight excluding hydrogens is 362 g/mol. The summed E-state index contributed by atoms with van der Waals surface area (Å²) in [6.45, 7) is 18.0. The van der Waals surface area contributed by atoms with Crippen molar-refractivity contribution in [1.29, 1.82) is 0 Å². The van der Waals surface area contributed by atoms with Crippen molar-refractivity contribution in [2.24, 2.45) is 10.8 Å². The number of piperazine rings is 1. The average molecular weight is 397 g/mol. The number of Topliss-reactive ketones (excluding diaryl/α,β-unsaturated/α-hetero) is 1. The predicted molar refractivity (Wildman–Crippen MR) is 110 cm³/mol. The van der Waals surface area contributed by atoms with Crippen LogP contribution < -0.4 is 15.1 Å². The fourth-order valence-electron chi connectivity index (χ4n) is 2.89. The van der Waals surface area contributed by atoms with Crippen molar-refractivity contribution >= 4 is 28.9 Å². The average Bonchev–Trinajstić information content (AvgIpc) is 3.02. The first-order valence-electron chi connectivity index (χ1n) is 9.63. The quantitative estimate of drug-likeness (QED) is 0.585. The van der Waals surface area contributed by atoms with Gasteiger partial charge in [0.25, 0.3) is 6.20 Å². The third-order valence-corrected chi connectivity index (χ3v) is 5.71. The molecule has 7 nitrogen and oxygen atoms in total. The van der Waals surface area contributed by atoms with Crippen LogP contribution in [0.15, 0.2) is 10.7 Å². The van der Waals surface area contributed by atoms with Gasteiger partial charge in [-0.15, -0.1) is 0 Å². The monoisotopic (exact) mass is 396 g/mol. The Balaban J connectivity index is 1.95. The maximum Gasteiger partial charge on any atom is 0.304 e. The molecule has 0 bridgehead atoms. The minimum absolute atomic E-state index is 0.187. The molecular formula is C19H34N5O2S+. The molecule has 1 fully saturated rings. The van der Waals surface area contributed by atoms with E-state index < -0.39 is 5.41 Å². The molecule has 2 rings (SSSR count). The van der Waals surface area contributed by atoms with E-state index in [-0.39, 0.29) is 11.2 Å². The lowest BCUT2D eigenvalue weighted by molar-refractivity contribution is -0.759. The fourth-order valence-corrected chi connectivity index (χ4v) is 3.06. The topological polar surface area (TPSA) is 65.5 Å². The molecule has 1 aliphatic heterocycles. The summed E-state index contributed by atoms with van der Waals surface area (Å²) < 4.78 is 5.40. The summed E-state index contributed by atoms with van der Waals surface area (Å²) in [6.07, 6.45) is 2.19. The Kier molecular flexibility index (Phi) is 6.63. The Hall–Kier alpha value is -1.54. The predicted octanol–water partition coefficient (Wildman–Crippen LogP) is 2.39. The van der Waals surface area contributed by atoms with Crippen LogP contribution in [-0.4, -0.2) is 53.2 Å². The largest absolute Gasteiger partial charge is 0.312 e. The number of aromatic nitrogens is 2. The van der Waals surface area contributed by atoms with Crippen molar-refractivity contribution < 1.29 is 14.1 Å². The highest BCUT2D eigenvalue weighted by atomic mass is 32.1. The highest BCUT2D eigenvalue weighted by Crippen LogP contribution is 2.29. The summed E-state index contributed by atoms with van der Waals surface area (Å²) in [5, 5.41) is 9.37. The molecule has 0 saturated carbocycles. The van der Waals surface area contributed by atoms with E-state index in [9.17, 15) is 4.79 Å². The van der Waals surface area contributed by atoms with Crippen molar-refractivity contribution in [3.05, 3.63) is 6.20 Å². The standard InChI is InChI=1S/C19H33N5O2S/c1-14(2)22-8-10-23(11-9-22)24-13-16(26-21-24)20-17(27)19(6,7)12-15(25)18(3,4)5/h13-14H,8-12H2,1-7H3/p+1. The van der Waals surface area contributed by atoms with Gasteiger partial charge in [0.1, 0.15) is 5.78 Å². The molecule has 1 saturated heterocycles. The zero-order valence-corrected chi connectivity index (χ0v) is 18.5. The Morgan fingerprint density at radius 2 is 1.85 bits per heavy atom. The summed E-state index contributed by atoms with van der Waals surface area (Å²) in [5.74, 6) is 0.676. The third-order valence-electron chi connectivity index (χ3n) is 5.06. The van der Waals surface area contributed by atoms with Gasteiger partial charge in [0.05, 0.1) is 22.9 Å². The normalized spacial score (nSPS) is 16.7. The zero-order chi connectivity index (χ0) is 20.4. The molecule has 1 aromatic heterocycles. The van der Waals surface area contributed by atoms with E-state index in [1.807, 2.05) is 34.6 Å². The van der Waals surface area contributed by atoms with Crippen LogP contribution in [0.4, 0.5) is 5.88 Å². The summed E-state index contributed by atoms with van der Waals surface area (Å²) in [6, 6.07) is 0.558. The van der Waals surface area contributed by atoms with E-state index in [1.54, 1.807) is 11.0 Å². The maximum absolute atomic E-state index is 12.4. The van der Waals surface area contributed by atoms with E-state index in [0.717, 1.165) is 26.2 Å². The summed E-state index contributed by atoms with van der Waals surface area (Å²) in [5.41, 5.74) is -0.833. The minimum atomic E-state index is -0.458. The highest BCUT2D eigenvalue weighted by molar-refractivity contribution is 7.80. The van der Waals surface area contributed by atoms with E-state index in [0.29, 0.717) is 23.3 Å². The van der Waals surface area contributed by atoms with Gasteiger partial charge in [-0.2, -0.15) is 5.01 Å². The van der Waals surface area contributed by atoms with Crippen LogP contribution in [0.1, 0.15) is 54.9 Å². The number of anilines is 1. The Morgan fingerprint density at radius 3 is 2.37 bits per heavy atom. The number of thiocarbonyl (C=S) groups is 1. The van der Waals surface area contributed by atoms with Crippen molar-refractivity contribution in [3.8, 4) is 0 Å². The number of rotatable bonds is 6. The molecule has 0 aromatic carbocycles. The summed E-state index contributed by atoms with van der Waals surface area (Å²) in [4.78, 5) is 17.1. The van der Waals surface area contributed by atoms with Crippen LogP contribution >= 0.6 is 12.2 Å². The van der Waals surface area contributed by atoms with Gasteiger partial charge in [-0.05, 0) is 13.8 Å². The number of carbonyl (C=O) groups is 1.